The van der Waals surface area contributed by atoms with Crippen molar-refractivity contribution in [1.29, 1.82) is 0 Å². The van der Waals surface area contributed by atoms with Crippen LogP contribution in [0.5, 0.6) is 0 Å². The van der Waals surface area contributed by atoms with E-state index in [1.807, 2.05) is 72.0 Å². The van der Waals surface area contributed by atoms with Crippen LogP contribution >= 0.6 is 11.3 Å². The molecule has 0 aliphatic rings. The zero-order valence-corrected chi connectivity index (χ0v) is 30.9. The van der Waals surface area contributed by atoms with Crippen LogP contribution in [0.1, 0.15) is 0 Å². The molecule has 0 spiro atoms. The fourth-order valence-corrected chi connectivity index (χ4v) is 8.86. The number of hydrogen-bond donors (Lipinski definition) is 0. The molecule has 0 amide bonds. The molecule has 11 aromatic rings. The number of aromatic nitrogens is 3. The molecule has 0 N–H and O–H groups in total. The van der Waals surface area contributed by atoms with Gasteiger partial charge in [-0.1, -0.05) is 146 Å². The molecule has 0 saturated carbocycles. The second-order valence-electron chi connectivity index (χ2n) is 14.0. The van der Waals surface area contributed by atoms with E-state index < -0.39 is 0 Å². The number of benzene rings is 8. The first-order chi connectivity index (χ1) is 27.7. The third-order valence-electron chi connectivity index (χ3n) is 10.6. The first-order valence-corrected chi connectivity index (χ1v) is 19.5. The zero-order chi connectivity index (χ0) is 37.0. The monoisotopic (exact) mass is 733 g/mol. The van der Waals surface area contributed by atoms with Crippen molar-refractivity contribution in [2.75, 3.05) is 0 Å². The molecule has 0 saturated heterocycles. The Balaban J connectivity index is 0.975. The number of nitrogens with zero attached hydrogens (tertiary/aromatic N) is 3. The lowest BCUT2D eigenvalue weighted by Crippen LogP contribution is -2.00. The van der Waals surface area contributed by atoms with Crippen LogP contribution in [0.15, 0.2) is 192 Å². The Labute approximate surface area is 327 Å². The highest BCUT2D eigenvalue weighted by Gasteiger charge is 2.17. The normalized spacial score (nSPS) is 11.6. The molecule has 3 heterocycles. The minimum absolute atomic E-state index is 0.623. The Morgan fingerprint density at radius 3 is 1.57 bits per heavy atom. The van der Waals surface area contributed by atoms with E-state index in [0.717, 1.165) is 60.9 Å². The second-order valence-corrected chi connectivity index (χ2v) is 15.1. The summed E-state index contributed by atoms with van der Waals surface area (Å²) in [5.41, 5.74) is 11.4. The first-order valence-electron chi connectivity index (χ1n) is 18.7. The van der Waals surface area contributed by atoms with E-state index in [1.54, 1.807) is 0 Å². The average Bonchev–Trinajstić information content (AvgIpc) is 3.85. The van der Waals surface area contributed by atoms with Gasteiger partial charge in [0.2, 0.25) is 0 Å². The minimum atomic E-state index is 0.623. The van der Waals surface area contributed by atoms with Crippen LogP contribution in [0.2, 0.25) is 0 Å². The van der Waals surface area contributed by atoms with Crippen LogP contribution in [0.4, 0.5) is 0 Å². The Hall–Kier alpha value is -7.21. The van der Waals surface area contributed by atoms with Gasteiger partial charge in [0.25, 0.3) is 0 Å². The van der Waals surface area contributed by atoms with E-state index in [-0.39, 0.29) is 0 Å². The lowest BCUT2D eigenvalue weighted by atomic mass is 9.95. The number of furan rings is 1. The van der Waals surface area contributed by atoms with Crippen molar-refractivity contribution in [3.05, 3.63) is 188 Å². The van der Waals surface area contributed by atoms with Gasteiger partial charge in [0, 0.05) is 47.6 Å². The highest BCUT2D eigenvalue weighted by Crippen LogP contribution is 2.40. The van der Waals surface area contributed by atoms with Crippen LogP contribution in [0.3, 0.4) is 0 Å². The van der Waals surface area contributed by atoms with Crippen LogP contribution < -0.4 is 0 Å². The van der Waals surface area contributed by atoms with Gasteiger partial charge in [-0.15, -0.1) is 11.3 Å². The van der Waals surface area contributed by atoms with Crippen molar-refractivity contribution in [2.24, 2.45) is 0 Å². The van der Waals surface area contributed by atoms with E-state index in [4.69, 9.17) is 19.4 Å². The average molecular weight is 734 g/mol. The van der Waals surface area contributed by atoms with Gasteiger partial charge in [0.1, 0.15) is 11.2 Å². The van der Waals surface area contributed by atoms with E-state index in [9.17, 15) is 0 Å². The molecule has 56 heavy (non-hydrogen) atoms. The summed E-state index contributed by atoms with van der Waals surface area (Å²) in [5, 5.41) is 4.79. The standard InChI is InChI=1S/C51H31N3OS/c1-3-11-34(12-4-1)49-52-50(35-13-5-2-6-14-35)54-51(53-49)39-16-9-15-38(29-39)40-18-10-19-45-48(40)43-31-36(25-27-44(43)55-45)32-21-23-33(24-22-32)37-26-28-47-42(30-37)41-17-7-8-20-46(41)56-47/h1-31H. The Morgan fingerprint density at radius 2 is 0.857 bits per heavy atom. The van der Waals surface area contributed by atoms with Crippen molar-refractivity contribution in [2.45, 2.75) is 0 Å². The Kier molecular flexibility index (Phi) is 7.64. The van der Waals surface area contributed by atoms with E-state index in [0.29, 0.717) is 17.5 Å². The lowest BCUT2D eigenvalue weighted by Gasteiger charge is -2.10. The summed E-state index contributed by atoms with van der Waals surface area (Å²) in [6.45, 7) is 0. The highest BCUT2D eigenvalue weighted by molar-refractivity contribution is 7.25. The van der Waals surface area contributed by atoms with Gasteiger partial charge < -0.3 is 4.42 Å². The molecule has 0 bridgehead atoms. The molecule has 5 heteroatoms. The van der Waals surface area contributed by atoms with Crippen LogP contribution in [0, 0.1) is 0 Å². The van der Waals surface area contributed by atoms with Crippen LogP contribution in [-0.4, -0.2) is 15.0 Å². The van der Waals surface area contributed by atoms with Gasteiger partial charge in [-0.25, -0.2) is 15.0 Å². The van der Waals surface area contributed by atoms with Crippen molar-refractivity contribution < 1.29 is 4.42 Å². The SMILES string of the molecule is c1ccc(-c2nc(-c3ccccc3)nc(-c3cccc(-c4cccc5oc6ccc(-c7ccc(-c8ccc9sc%10ccccc%10c9c8)cc7)cc6c45)c3)n2)cc1. The topological polar surface area (TPSA) is 51.8 Å². The Morgan fingerprint density at radius 1 is 0.321 bits per heavy atom. The van der Waals surface area contributed by atoms with E-state index in [2.05, 4.69) is 127 Å². The predicted octanol–water partition coefficient (Wildman–Crippen LogP) is 14.1. The summed E-state index contributed by atoms with van der Waals surface area (Å²) in [7, 11) is 0. The number of fused-ring (bicyclic) bond motifs is 6. The molecular weight excluding hydrogens is 703 g/mol. The molecule has 0 aliphatic heterocycles. The molecule has 0 radical (unpaired) electrons. The molecule has 0 aliphatic carbocycles. The van der Waals surface area contributed by atoms with Gasteiger partial charge in [-0.2, -0.15) is 0 Å². The third kappa shape index (κ3) is 5.65. The third-order valence-corrected chi connectivity index (χ3v) is 11.7. The second kappa shape index (κ2) is 13.3. The van der Waals surface area contributed by atoms with Crippen molar-refractivity contribution in [3.63, 3.8) is 0 Å². The molecule has 0 atom stereocenters. The Bertz CT molecular complexity index is 3180. The number of rotatable bonds is 6. The summed E-state index contributed by atoms with van der Waals surface area (Å²) >= 11 is 1.85. The summed E-state index contributed by atoms with van der Waals surface area (Å²) in [6, 6.07) is 65.8. The molecule has 262 valence electrons. The predicted molar refractivity (Wildman–Crippen MR) is 233 cm³/mol. The minimum Gasteiger partial charge on any atom is -0.456 e. The molecule has 11 rings (SSSR count). The summed E-state index contributed by atoms with van der Waals surface area (Å²) in [5.74, 6) is 1.90. The van der Waals surface area contributed by atoms with E-state index in [1.165, 1.54) is 31.3 Å². The fourth-order valence-electron chi connectivity index (χ4n) is 7.77. The maximum absolute atomic E-state index is 6.45. The van der Waals surface area contributed by atoms with Gasteiger partial charge in [0.15, 0.2) is 17.5 Å². The number of hydrogen-bond acceptors (Lipinski definition) is 5. The fraction of sp³-hybridized carbons (Fsp3) is 0. The van der Waals surface area contributed by atoms with Gasteiger partial charge in [-0.3, -0.25) is 0 Å². The van der Waals surface area contributed by atoms with Gasteiger partial charge in [-0.05, 0) is 75.8 Å². The van der Waals surface area contributed by atoms with E-state index >= 15 is 0 Å². The molecule has 8 aromatic carbocycles. The quantitative estimate of drug-likeness (QED) is 0.171. The maximum atomic E-state index is 6.45. The van der Waals surface area contributed by atoms with Crippen molar-refractivity contribution >= 4 is 53.4 Å². The largest absolute Gasteiger partial charge is 0.456 e. The molecule has 0 unspecified atom stereocenters. The van der Waals surface area contributed by atoms with Gasteiger partial charge in [0.05, 0.1) is 0 Å². The maximum Gasteiger partial charge on any atom is 0.164 e. The highest BCUT2D eigenvalue weighted by atomic mass is 32.1. The molecule has 4 nitrogen and oxygen atoms in total. The zero-order valence-electron chi connectivity index (χ0n) is 30.1. The molecule has 3 aromatic heterocycles. The van der Waals surface area contributed by atoms with Gasteiger partial charge >= 0.3 is 0 Å². The first kappa shape index (κ1) is 32.2. The summed E-state index contributed by atoms with van der Waals surface area (Å²) < 4.78 is 9.10. The lowest BCUT2D eigenvalue weighted by molar-refractivity contribution is 0.669. The molecule has 0 fully saturated rings. The van der Waals surface area contributed by atoms with Crippen molar-refractivity contribution in [3.8, 4) is 67.5 Å². The van der Waals surface area contributed by atoms with Crippen LogP contribution in [-0.2, 0) is 0 Å². The summed E-state index contributed by atoms with van der Waals surface area (Å²) in [4.78, 5) is 14.9. The smallest absolute Gasteiger partial charge is 0.164 e. The number of thiophene rings is 1. The molecular formula is C51H31N3OS. The van der Waals surface area contributed by atoms with Crippen LogP contribution in [0.25, 0.3) is 110 Å². The van der Waals surface area contributed by atoms with Crippen molar-refractivity contribution in [1.82, 2.24) is 15.0 Å². The summed E-state index contributed by atoms with van der Waals surface area (Å²) in [6.07, 6.45) is 0.